The van der Waals surface area contributed by atoms with Gasteiger partial charge in [-0.15, -0.1) is 0 Å². The van der Waals surface area contributed by atoms with E-state index in [0.29, 0.717) is 13.0 Å². The Morgan fingerprint density at radius 1 is 1.28 bits per heavy atom. The predicted octanol–water partition coefficient (Wildman–Crippen LogP) is 2.33. The maximum Gasteiger partial charge on any atom is 0.149 e. The third-order valence-corrected chi connectivity index (χ3v) is 3.01. The number of carbonyl (C=O) groups excluding carboxylic acids is 1. The number of ether oxygens (including phenoxy) is 1. The number of methoxy groups -OCH3 is 1. The Balaban J connectivity index is 2.16. The average Bonchev–Trinajstić information content (AvgIpc) is 2.40. The number of carbonyl (C=O) groups is 1. The fraction of sp³-hybridized carbons (Fsp3) is 0.533. The Labute approximate surface area is 109 Å². The molecule has 0 saturated heterocycles. The van der Waals surface area contributed by atoms with Crippen molar-refractivity contribution in [3.05, 3.63) is 35.9 Å². The first kappa shape index (κ1) is 14.9. The van der Waals surface area contributed by atoms with Crippen LogP contribution in [0.2, 0.25) is 0 Å². The van der Waals surface area contributed by atoms with Gasteiger partial charge in [-0.1, -0.05) is 30.3 Å². The monoisotopic (exact) mass is 249 g/mol. The van der Waals surface area contributed by atoms with Gasteiger partial charge in [-0.25, -0.2) is 0 Å². The molecule has 2 N–H and O–H groups in total. The van der Waals surface area contributed by atoms with E-state index in [1.807, 2.05) is 18.2 Å². The molecule has 0 aromatic heterocycles. The standard InChI is InChI=1S/C15H23NO2/c1-18-12-6-10-14(16)15(17)11-5-9-13-7-3-2-4-8-13/h2-4,7-8,14H,5-6,9-12,16H2,1H3. The van der Waals surface area contributed by atoms with Crippen LogP contribution in [0.5, 0.6) is 0 Å². The van der Waals surface area contributed by atoms with Gasteiger partial charge in [0.1, 0.15) is 5.78 Å². The Morgan fingerprint density at radius 3 is 2.67 bits per heavy atom. The van der Waals surface area contributed by atoms with Gasteiger partial charge in [-0.05, 0) is 31.2 Å². The molecule has 0 aliphatic carbocycles. The Hall–Kier alpha value is -1.19. The molecule has 1 atom stereocenters. The van der Waals surface area contributed by atoms with Gasteiger partial charge in [0.2, 0.25) is 0 Å². The van der Waals surface area contributed by atoms with E-state index in [9.17, 15) is 4.79 Å². The highest BCUT2D eigenvalue weighted by Crippen LogP contribution is 2.07. The second-order valence-electron chi connectivity index (χ2n) is 4.55. The van der Waals surface area contributed by atoms with Crippen LogP contribution in [-0.2, 0) is 16.0 Å². The molecule has 0 bridgehead atoms. The molecule has 0 fully saturated rings. The number of hydrogen-bond acceptors (Lipinski definition) is 3. The summed E-state index contributed by atoms with van der Waals surface area (Å²) < 4.78 is 4.94. The normalized spacial score (nSPS) is 12.3. The summed E-state index contributed by atoms with van der Waals surface area (Å²) in [6.45, 7) is 0.672. The molecule has 100 valence electrons. The van der Waals surface area contributed by atoms with Crippen LogP contribution >= 0.6 is 0 Å². The lowest BCUT2D eigenvalue weighted by Crippen LogP contribution is -2.30. The third-order valence-electron chi connectivity index (χ3n) is 3.01. The summed E-state index contributed by atoms with van der Waals surface area (Å²) >= 11 is 0. The molecular weight excluding hydrogens is 226 g/mol. The molecule has 3 heteroatoms. The highest BCUT2D eigenvalue weighted by atomic mass is 16.5. The van der Waals surface area contributed by atoms with Crippen LogP contribution in [0, 0.1) is 0 Å². The number of Topliss-reactive ketones (excluding diaryl/α,β-unsaturated/α-hetero) is 1. The lowest BCUT2D eigenvalue weighted by atomic mass is 10.0. The van der Waals surface area contributed by atoms with Crippen LogP contribution in [0.25, 0.3) is 0 Å². The molecule has 1 aromatic carbocycles. The van der Waals surface area contributed by atoms with Crippen molar-refractivity contribution in [3.8, 4) is 0 Å². The fourth-order valence-electron chi connectivity index (χ4n) is 1.91. The van der Waals surface area contributed by atoms with Gasteiger partial charge >= 0.3 is 0 Å². The summed E-state index contributed by atoms with van der Waals surface area (Å²) in [6, 6.07) is 9.89. The zero-order chi connectivity index (χ0) is 13.2. The first-order chi connectivity index (χ1) is 8.74. The van der Waals surface area contributed by atoms with Crippen molar-refractivity contribution >= 4 is 5.78 Å². The van der Waals surface area contributed by atoms with E-state index in [-0.39, 0.29) is 11.8 Å². The van der Waals surface area contributed by atoms with E-state index in [0.717, 1.165) is 25.7 Å². The van der Waals surface area contributed by atoms with Crippen molar-refractivity contribution in [2.24, 2.45) is 5.73 Å². The minimum Gasteiger partial charge on any atom is -0.385 e. The topological polar surface area (TPSA) is 52.3 Å². The molecule has 1 aromatic rings. The third kappa shape index (κ3) is 5.94. The van der Waals surface area contributed by atoms with Crippen molar-refractivity contribution in [1.82, 2.24) is 0 Å². The molecular formula is C15H23NO2. The first-order valence-electron chi connectivity index (χ1n) is 6.55. The second-order valence-corrected chi connectivity index (χ2v) is 4.55. The Bertz CT molecular complexity index is 338. The Kier molecular flexibility index (Phi) is 7.30. The molecule has 1 unspecified atom stereocenters. The summed E-state index contributed by atoms with van der Waals surface area (Å²) in [6.07, 6.45) is 3.96. The molecule has 0 amide bonds. The molecule has 0 aliphatic rings. The van der Waals surface area contributed by atoms with E-state index in [1.165, 1.54) is 5.56 Å². The van der Waals surface area contributed by atoms with Gasteiger partial charge < -0.3 is 10.5 Å². The van der Waals surface area contributed by atoms with Crippen molar-refractivity contribution in [2.75, 3.05) is 13.7 Å². The predicted molar refractivity (Wildman–Crippen MR) is 73.5 cm³/mol. The van der Waals surface area contributed by atoms with Gasteiger partial charge in [-0.3, -0.25) is 4.79 Å². The van der Waals surface area contributed by atoms with Crippen molar-refractivity contribution in [3.63, 3.8) is 0 Å². The van der Waals surface area contributed by atoms with Crippen molar-refractivity contribution in [2.45, 2.75) is 38.1 Å². The van der Waals surface area contributed by atoms with Crippen molar-refractivity contribution in [1.29, 1.82) is 0 Å². The number of nitrogens with two attached hydrogens (primary N) is 1. The minimum absolute atomic E-state index is 0.169. The minimum atomic E-state index is -0.323. The molecule has 0 radical (unpaired) electrons. The molecule has 3 nitrogen and oxygen atoms in total. The highest BCUT2D eigenvalue weighted by molar-refractivity contribution is 5.83. The summed E-state index contributed by atoms with van der Waals surface area (Å²) in [5, 5.41) is 0. The molecule has 0 aliphatic heterocycles. The summed E-state index contributed by atoms with van der Waals surface area (Å²) in [7, 11) is 1.66. The largest absolute Gasteiger partial charge is 0.385 e. The highest BCUT2D eigenvalue weighted by Gasteiger charge is 2.12. The maximum atomic E-state index is 11.8. The summed E-state index contributed by atoms with van der Waals surface area (Å²) in [5.41, 5.74) is 7.11. The first-order valence-corrected chi connectivity index (χ1v) is 6.55. The van der Waals surface area contributed by atoms with Crippen LogP contribution < -0.4 is 5.73 Å². The molecule has 1 rings (SSSR count). The van der Waals surface area contributed by atoms with Crippen LogP contribution in [0.4, 0.5) is 0 Å². The lowest BCUT2D eigenvalue weighted by molar-refractivity contribution is -0.120. The van der Waals surface area contributed by atoms with Crippen LogP contribution in [0.3, 0.4) is 0 Å². The number of hydrogen-bond donors (Lipinski definition) is 1. The maximum absolute atomic E-state index is 11.8. The van der Waals surface area contributed by atoms with E-state index < -0.39 is 0 Å². The molecule has 0 spiro atoms. The smallest absolute Gasteiger partial charge is 0.149 e. The lowest BCUT2D eigenvalue weighted by Gasteiger charge is -2.10. The molecule has 0 saturated carbocycles. The van der Waals surface area contributed by atoms with Gasteiger partial charge in [0.25, 0.3) is 0 Å². The fourth-order valence-corrected chi connectivity index (χ4v) is 1.91. The number of rotatable bonds is 9. The average molecular weight is 249 g/mol. The van der Waals surface area contributed by atoms with Gasteiger partial charge in [-0.2, -0.15) is 0 Å². The number of benzene rings is 1. The summed E-state index contributed by atoms with van der Waals surface area (Å²) in [5.74, 6) is 0.169. The quantitative estimate of drug-likeness (QED) is 0.683. The zero-order valence-corrected chi connectivity index (χ0v) is 11.1. The SMILES string of the molecule is COCCCC(N)C(=O)CCCc1ccccc1. The number of ketones is 1. The van der Waals surface area contributed by atoms with E-state index in [2.05, 4.69) is 12.1 Å². The second kappa shape index (κ2) is 8.84. The zero-order valence-electron chi connectivity index (χ0n) is 11.1. The van der Waals surface area contributed by atoms with E-state index in [1.54, 1.807) is 7.11 Å². The molecule has 0 heterocycles. The van der Waals surface area contributed by atoms with Gasteiger partial charge in [0.05, 0.1) is 6.04 Å². The number of aryl methyl sites for hydroxylation is 1. The van der Waals surface area contributed by atoms with Gasteiger partial charge in [0, 0.05) is 20.1 Å². The van der Waals surface area contributed by atoms with Crippen LogP contribution in [0.1, 0.15) is 31.2 Å². The Morgan fingerprint density at radius 2 is 2.00 bits per heavy atom. The van der Waals surface area contributed by atoms with E-state index in [4.69, 9.17) is 10.5 Å². The van der Waals surface area contributed by atoms with Crippen LogP contribution in [-0.4, -0.2) is 25.5 Å². The van der Waals surface area contributed by atoms with Gasteiger partial charge in [0.15, 0.2) is 0 Å². The van der Waals surface area contributed by atoms with E-state index >= 15 is 0 Å². The van der Waals surface area contributed by atoms with Crippen LogP contribution in [0.15, 0.2) is 30.3 Å². The van der Waals surface area contributed by atoms with Crippen molar-refractivity contribution < 1.29 is 9.53 Å². The molecule has 18 heavy (non-hydrogen) atoms. The summed E-state index contributed by atoms with van der Waals surface area (Å²) in [4.78, 5) is 11.8.